The minimum Gasteiger partial charge on any atom is -0.481 e. The summed E-state index contributed by atoms with van der Waals surface area (Å²) in [4.78, 5) is 13.0. The van der Waals surface area contributed by atoms with Gasteiger partial charge in [0, 0.05) is 0 Å². The number of hydrogen-bond donors (Lipinski definition) is 8. The zero-order chi connectivity index (χ0) is 40.3. The molecule has 5 aliphatic carbocycles. The smallest absolute Gasteiger partial charge is 0.310 e. The van der Waals surface area contributed by atoms with Crippen LogP contribution in [0.3, 0.4) is 0 Å². The molecule has 4 saturated carbocycles. The maximum Gasteiger partial charge on any atom is 0.310 e. The number of aliphatic hydroxyl groups is 7. The molecule has 2 saturated heterocycles. The molecule has 18 atom stereocenters. The molecule has 55 heavy (non-hydrogen) atoms. The molecule has 6 fully saturated rings. The van der Waals surface area contributed by atoms with Crippen LogP contribution < -0.4 is 0 Å². The van der Waals surface area contributed by atoms with E-state index >= 15 is 0 Å². The molecule has 8 N–H and O–H groups in total. The minimum atomic E-state index is -1.74. The van der Waals surface area contributed by atoms with E-state index in [0.717, 1.165) is 57.8 Å². The Balaban J connectivity index is 1.08. The van der Waals surface area contributed by atoms with Crippen LogP contribution in [0.25, 0.3) is 0 Å². The molecular formula is C42H68O13. The highest BCUT2D eigenvalue weighted by Gasteiger charge is 2.69. The lowest BCUT2D eigenvalue weighted by atomic mass is 9.33. The van der Waals surface area contributed by atoms with Gasteiger partial charge in [0.1, 0.15) is 48.8 Å². The van der Waals surface area contributed by atoms with E-state index in [2.05, 4.69) is 54.5 Å². The summed E-state index contributed by atoms with van der Waals surface area (Å²) >= 11 is 0. The van der Waals surface area contributed by atoms with E-state index in [4.69, 9.17) is 18.9 Å². The fraction of sp³-hybridized carbons (Fsp3) is 0.929. The van der Waals surface area contributed by atoms with Crippen molar-refractivity contribution in [1.82, 2.24) is 0 Å². The summed E-state index contributed by atoms with van der Waals surface area (Å²) < 4.78 is 23.9. The molecule has 13 heteroatoms. The third kappa shape index (κ3) is 6.23. The first-order chi connectivity index (χ1) is 25.6. The largest absolute Gasteiger partial charge is 0.481 e. The number of aliphatic hydroxyl groups excluding tert-OH is 7. The van der Waals surface area contributed by atoms with Crippen molar-refractivity contribution in [3.8, 4) is 0 Å². The Morgan fingerprint density at radius 3 is 2.00 bits per heavy atom. The van der Waals surface area contributed by atoms with E-state index in [0.29, 0.717) is 12.3 Å². The number of carbonyl (C=O) groups is 1. The Hall–Kier alpha value is -1.23. The van der Waals surface area contributed by atoms with E-state index in [9.17, 15) is 45.6 Å². The lowest BCUT2D eigenvalue weighted by molar-refractivity contribution is -0.368. The van der Waals surface area contributed by atoms with E-state index in [1.165, 1.54) is 5.57 Å². The monoisotopic (exact) mass is 780 g/mol. The van der Waals surface area contributed by atoms with Gasteiger partial charge >= 0.3 is 5.97 Å². The molecule has 2 aliphatic heterocycles. The second kappa shape index (κ2) is 14.2. The van der Waals surface area contributed by atoms with Crippen LogP contribution in [0.4, 0.5) is 0 Å². The molecule has 0 aromatic carbocycles. The van der Waals surface area contributed by atoms with Crippen LogP contribution >= 0.6 is 0 Å². The van der Waals surface area contributed by atoms with E-state index in [1.807, 2.05) is 0 Å². The van der Waals surface area contributed by atoms with Crippen molar-refractivity contribution in [2.45, 2.75) is 180 Å². The first kappa shape index (κ1) is 41.9. The summed E-state index contributed by atoms with van der Waals surface area (Å²) in [6.45, 7) is 15.1. The Labute approximate surface area is 325 Å². The molecule has 7 aliphatic rings. The van der Waals surface area contributed by atoms with Gasteiger partial charge < -0.3 is 59.8 Å². The molecule has 0 aromatic heterocycles. The second-order valence-corrected chi connectivity index (χ2v) is 20.7. The van der Waals surface area contributed by atoms with Gasteiger partial charge in [0.2, 0.25) is 0 Å². The van der Waals surface area contributed by atoms with Crippen molar-refractivity contribution in [2.75, 3.05) is 13.2 Å². The Morgan fingerprint density at radius 2 is 1.35 bits per heavy atom. The van der Waals surface area contributed by atoms with Crippen LogP contribution in [-0.4, -0.2) is 128 Å². The molecule has 2 heterocycles. The van der Waals surface area contributed by atoms with Crippen LogP contribution in [0.5, 0.6) is 0 Å². The molecule has 7 rings (SSSR count). The van der Waals surface area contributed by atoms with E-state index in [1.54, 1.807) is 0 Å². The maximum atomic E-state index is 13.0. The Bertz CT molecular complexity index is 1480. The second-order valence-electron chi connectivity index (χ2n) is 20.7. The van der Waals surface area contributed by atoms with Crippen LogP contribution in [-0.2, 0) is 23.7 Å². The number of fused-ring (bicyclic) bond motifs is 7. The first-order valence-electron chi connectivity index (χ1n) is 20.8. The predicted molar refractivity (Wildman–Crippen MR) is 198 cm³/mol. The van der Waals surface area contributed by atoms with Gasteiger partial charge in [-0.05, 0) is 109 Å². The Kier molecular flexibility index (Phi) is 10.8. The maximum absolute atomic E-state index is 13.0. The summed E-state index contributed by atoms with van der Waals surface area (Å²) in [7, 11) is 0. The minimum absolute atomic E-state index is 0.00451. The summed E-state index contributed by atoms with van der Waals surface area (Å²) in [5.41, 5.74) is 0.344. The van der Waals surface area contributed by atoms with Gasteiger partial charge in [-0.25, -0.2) is 0 Å². The normalized spacial score (nSPS) is 53.2. The molecule has 0 bridgehead atoms. The molecular weight excluding hydrogens is 712 g/mol. The fourth-order valence-corrected chi connectivity index (χ4v) is 13.7. The standard InChI is InChI=1S/C42H68O13/c1-37(2)14-16-42(36(50)51)17-15-40(6)21(22(42)18-37)8-9-26-39(5)12-11-27(38(3,4)25(39)10-13-41(26,40)7)54-34-32(49)30(47)33(24(20-44)53-34)55-35-31(48)29(46)28(45)23(19-43)52-35/h8,22-35,43-49H,9-20H2,1-7H3,(H,50,51)/t22-,23+,24+,25-,26+,27-,28-,29-,30+,31+,32+,33+,34-,35-,39-,40+,41+,42-/m0/s1. The zero-order valence-electron chi connectivity index (χ0n) is 33.8. The highest BCUT2D eigenvalue weighted by molar-refractivity contribution is 5.76. The quantitative estimate of drug-likeness (QED) is 0.138. The highest BCUT2D eigenvalue weighted by atomic mass is 16.7. The average molecular weight is 781 g/mol. The molecule has 0 radical (unpaired) electrons. The van der Waals surface area contributed by atoms with Crippen LogP contribution in [0, 0.1) is 50.2 Å². The predicted octanol–water partition coefficient (Wildman–Crippen LogP) is 2.88. The zero-order valence-corrected chi connectivity index (χ0v) is 33.8. The van der Waals surface area contributed by atoms with Gasteiger partial charge in [0.25, 0.3) is 0 Å². The number of allylic oxidation sites excluding steroid dienone is 2. The number of hydrogen-bond acceptors (Lipinski definition) is 12. The number of carboxylic acid groups (broad SMARTS) is 1. The Morgan fingerprint density at radius 1 is 0.727 bits per heavy atom. The number of ether oxygens (including phenoxy) is 4. The van der Waals surface area contributed by atoms with Crippen molar-refractivity contribution in [3.63, 3.8) is 0 Å². The first-order valence-corrected chi connectivity index (χ1v) is 20.8. The lowest BCUT2D eigenvalue weighted by Crippen LogP contribution is -2.66. The SMILES string of the molecule is CC1(C)CC[C@]2(C(=O)O)CC[C@]3(C)C(=CC[C@@H]4[C@@]5(C)CC[C@H](O[C@@H]6O[C@H](CO)[C@@H](O[C@@H]7O[C@H](CO)[C@H](O)[C@H](O)[C@H]7O)[C@H](O)[C@H]6O)C(C)(C)[C@@H]5CC[C@]43C)[C@@H]2C1. The summed E-state index contributed by atoms with van der Waals surface area (Å²) in [6.07, 6.45) is -4.17. The van der Waals surface area contributed by atoms with E-state index < -0.39 is 86.0 Å². The number of rotatable bonds is 7. The van der Waals surface area contributed by atoms with Crippen LogP contribution in [0.1, 0.15) is 113 Å². The molecule has 0 amide bonds. The fourth-order valence-electron chi connectivity index (χ4n) is 13.7. The van der Waals surface area contributed by atoms with Crippen molar-refractivity contribution in [1.29, 1.82) is 0 Å². The third-order valence-corrected chi connectivity index (χ3v) is 17.3. The summed E-state index contributed by atoms with van der Waals surface area (Å²) in [6, 6.07) is 0. The van der Waals surface area contributed by atoms with Crippen molar-refractivity contribution < 1.29 is 64.6 Å². The van der Waals surface area contributed by atoms with E-state index in [-0.39, 0.29) is 45.0 Å². The molecule has 0 spiro atoms. The van der Waals surface area contributed by atoms with Crippen molar-refractivity contribution in [2.24, 2.45) is 50.2 Å². The van der Waals surface area contributed by atoms with Gasteiger partial charge in [0.15, 0.2) is 12.6 Å². The van der Waals surface area contributed by atoms with Gasteiger partial charge in [-0.2, -0.15) is 0 Å². The van der Waals surface area contributed by atoms with Gasteiger partial charge in [-0.3, -0.25) is 4.79 Å². The summed E-state index contributed by atoms with van der Waals surface area (Å²) in [5, 5.41) is 84.2. The molecule has 0 unspecified atom stereocenters. The number of aliphatic carboxylic acids is 1. The van der Waals surface area contributed by atoms with Crippen molar-refractivity contribution in [3.05, 3.63) is 11.6 Å². The summed E-state index contributed by atoms with van der Waals surface area (Å²) in [5.74, 6) is 0.0886. The topological polar surface area (TPSA) is 216 Å². The van der Waals surface area contributed by atoms with Crippen molar-refractivity contribution >= 4 is 5.97 Å². The molecule has 314 valence electrons. The van der Waals surface area contributed by atoms with Gasteiger partial charge in [0.05, 0.1) is 24.7 Å². The van der Waals surface area contributed by atoms with Crippen LogP contribution in [0.15, 0.2) is 11.6 Å². The van der Waals surface area contributed by atoms with Gasteiger partial charge in [-0.15, -0.1) is 0 Å². The number of carboxylic acids is 1. The third-order valence-electron chi connectivity index (χ3n) is 17.3. The van der Waals surface area contributed by atoms with Gasteiger partial charge in [-0.1, -0.05) is 60.1 Å². The highest BCUT2D eigenvalue weighted by Crippen LogP contribution is 2.76. The molecule has 13 nitrogen and oxygen atoms in total. The average Bonchev–Trinajstić information content (AvgIpc) is 3.12. The lowest BCUT2D eigenvalue weighted by Gasteiger charge is -2.71. The molecule has 0 aromatic rings. The van der Waals surface area contributed by atoms with Crippen LogP contribution in [0.2, 0.25) is 0 Å².